The molecular formula is C17H17F4NO4. The van der Waals surface area contributed by atoms with E-state index in [9.17, 15) is 31.9 Å². The molecule has 0 saturated carbocycles. The van der Waals surface area contributed by atoms with Crippen LogP contribution >= 0.6 is 0 Å². The third-order valence-electron chi connectivity index (χ3n) is 3.75. The number of ether oxygens (including phenoxy) is 1. The van der Waals surface area contributed by atoms with Crippen molar-refractivity contribution in [2.24, 2.45) is 5.92 Å². The molecule has 0 N–H and O–H groups in total. The first-order chi connectivity index (χ1) is 11.8. The van der Waals surface area contributed by atoms with Gasteiger partial charge in [0.05, 0.1) is 6.04 Å². The predicted molar refractivity (Wildman–Crippen MR) is 81.4 cm³/mol. The lowest BCUT2D eigenvalue weighted by atomic mass is 9.96. The molecule has 1 fully saturated rings. The van der Waals surface area contributed by atoms with Crippen LogP contribution < -0.4 is 0 Å². The Labute approximate surface area is 146 Å². The first-order valence-electron chi connectivity index (χ1n) is 7.74. The maximum atomic E-state index is 13.1. The summed E-state index contributed by atoms with van der Waals surface area (Å²) < 4.78 is 56.5. The molecular weight excluding hydrogens is 358 g/mol. The van der Waals surface area contributed by atoms with E-state index < -0.39 is 53.8 Å². The summed E-state index contributed by atoms with van der Waals surface area (Å²) in [5, 5.41) is 0. The zero-order valence-corrected chi connectivity index (χ0v) is 14.3. The summed E-state index contributed by atoms with van der Waals surface area (Å²) in [5.74, 6) is -6.14. The first-order valence-corrected chi connectivity index (χ1v) is 7.74. The number of hydrogen-bond acceptors (Lipinski definition) is 4. The summed E-state index contributed by atoms with van der Waals surface area (Å²) in [7, 11) is 0. The van der Waals surface area contributed by atoms with Gasteiger partial charge in [-0.1, -0.05) is 12.1 Å². The number of carbonyl (C=O) groups excluding carboxylic acids is 3. The molecule has 26 heavy (non-hydrogen) atoms. The van der Waals surface area contributed by atoms with Crippen LogP contribution in [0.3, 0.4) is 0 Å². The lowest BCUT2D eigenvalue weighted by Crippen LogP contribution is -2.42. The number of rotatable bonds is 2. The fraction of sp³-hybridized carbons (Fsp3) is 0.471. The normalized spacial score (nSPS) is 21.0. The maximum Gasteiger partial charge on any atom is 0.450 e. The predicted octanol–water partition coefficient (Wildman–Crippen LogP) is 3.78. The van der Waals surface area contributed by atoms with Gasteiger partial charge in [0.15, 0.2) is 0 Å². The molecule has 0 spiro atoms. The van der Waals surface area contributed by atoms with E-state index in [0.29, 0.717) is 4.90 Å². The summed E-state index contributed by atoms with van der Waals surface area (Å²) >= 11 is 0. The molecule has 2 amide bonds. The molecule has 1 aliphatic heterocycles. The van der Waals surface area contributed by atoms with Crippen LogP contribution in [0.5, 0.6) is 0 Å². The number of benzene rings is 1. The highest BCUT2D eigenvalue weighted by Crippen LogP contribution is 2.40. The number of ketones is 1. The Morgan fingerprint density at radius 3 is 2.12 bits per heavy atom. The molecule has 1 unspecified atom stereocenters. The third kappa shape index (κ3) is 4.20. The van der Waals surface area contributed by atoms with Crippen LogP contribution in [-0.4, -0.2) is 34.5 Å². The number of nitrogens with zero attached hydrogens (tertiary/aromatic N) is 1. The summed E-state index contributed by atoms with van der Waals surface area (Å²) in [6, 6.07) is 3.42. The lowest BCUT2D eigenvalue weighted by molar-refractivity contribution is -0.176. The average molecular weight is 375 g/mol. The smallest absolute Gasteiger partial charge is 0.443 e. The van der Waals surface area contributed by atoms with Crippen LogP contribution in [0, 0.1) is 11.7 Å². The van der Waals surface area contributed by atoms with Gasteiger partial charge in [0, 0.05) is 0 Å². The number of amides is 2. The van der Waals surface area contributed by atoms with E-state index in [4.69, 9.17) is 4.74 Å². The highest BCUT2D eigenvalue weighted by Gasteiger charge is 2.55. The average Bonchev–Trinajstić information content (AvgIpc) is 2.82. The molecule has 2 atom stereocenters. The van der Waals surface area contributed by atoms with Crippen molar-refractivity contribution in [3.63, 3.8) is 0 Å². The van der Waals surface area contributed by atoms with Crippen molar-refractivity contribution in [1.29, 1.82) is 0 Å². The van der Waals surface area contributed by atoms with Gasteiger partial charge in [0.1, 0.15) is 17.3 Å². The van der Waals surface area contributed by atoms with Gasteiger partial charge in [-0.25, -0.2) is 14.1 Å². The van der Waals surface area contributed by atoms with Crippen molar-refractivity contribution < 1.29 is 36.7 Å². The molecule has 0 aliphatic carbocycles. The Bertz CT molecular complexity index is 722. The van der Waals surface area contributed by atoms with E-state index in [-0.39, 0.29) is 5.56 Å². The van der Waals surface area contributed by atoms with Crippen LogP contribution in [0.4, 0.5) is 22.4 Å². The molecule has 9 heteroatoms. The number of imide groups is 1. The Morgan fingerprint density at radius 1 is 1.12 bits per heavy atom. The molecule has 1 saturated heterocycles. The monoisotopic (exact) mass is 375 g/mol. The number of carbonyl (C=O) groups is 3. The van der Waals surface area contributed by atoms with E-state index in [1.165, 1.54) is 32.9 Å². The van der Waals surface area contributed by atoms with Crippen LogP contribution in [0.1, 0.15) is 38.8 Å². The second-order valence-corrected chi connectivity index (χ2v) is 6.91. The van der Waals surface area contributed by atoms with E-state index in [2.05, 4.69) is 0 Å². The van der Waals surface area contributed by atoms with Gasteiger partial charge in [-0.3, -0.25) is 9.59 Å². The number of alkyl halides is 3. The van der Waals surface area contributed by atoms with E-state index in [1.54, 1.807) is 0 Å². The second kappa shape index (κ2) is 6.69. The minimum Gasteiger partial charge on any atom is -0.443 e. The van der Waals surface area contributed by atoms with Crippen LogP contribution in [0.25, 0.3) is 0 Å². The third-order valence-corrected chi connectivity index (χ3v) is 3.75. The van der Waals surface area contributed by atoms with E-state index >= 15 is 0 Å². The molecule has 0 radical (unpaired) electrons. The Hall–Kier alpha value is -2.45. The van der Waals surface area contributed by atoms with Gasteiger partial charge in [-0.05, 0) is 44.9 Å². The molecule has 1 aromatic rings. The van der Waals surface area contributed by atoms with Crippen molar-refractivity contribution in [3.8, 4) is 0 Å². The van der Waals surface area contributed by atoms with Crippen LogP contribution in [0.2, 0.25) is 0 Å². The fourth-order valence-electron chi connectivity index (χ4n) is 2.67. The summed E-state index contributed by atoms with van der Waals surface area (Å²) in [5.41, 5.74) is -0.778. The SMILES string of the molecule is CC(C)(C)OC(=O)N1C(=O)C(C(=O)C(F)(F)F)C[C@H]1c1ccc(F)cc1. The highest BCUT2D eigenvalue weighted by molar-refractivity contribution is 6.09. The van der Waals surface area contributed by atoms with Crippen LogP contribution in [-0.2, 0) is 14.3 Å². The van der Waals surface area contributed by atoms with Gasteiger partial charge < -0.3 is 4.74 Å². The molecule has 5 nitrogen and oxygen atoms in total. The van der Waals surface area contributed by atoms with Crippen molar-refractivity contribution in [2.45, 2.75) is 45.0 Å². The second-order valence-electron chi connectivity index (χ2n) is 6.91. The molecule has 0 aromatic heterocycles. The van der Waals surface area contributed by atoms with Gasteiger partial charge in [-0.2, -0.15) is 13.2 Å². The zero-order valence-electron chi connectivity index (χ0n) is 14.3. The summed E-state index contributed by atoms with van der Waals surface area (Å²) in [6.07, 6.45) is -6.92. The quantitative estimate of drug-likeness (QED) is 0.583. The number of hydrogen-bond donors (Lipinski definition) is 0. The standard InChI is InChI=1S/C17H17F4NO4/c1-16(2,3)26-15(25)22-12(9-4-6-10(18)7-5-9)8-11(14(22)24)13(23)17(19,20)21/h4-7,11-12H,8H2,1-3H3/t11?,12-/m0/s1. The largest absolute Gasteiger partial charge is 0.450 e. The topological polar surface area (TPSA) is 63.7 Å². The summed E-state index contributed by atoms with van der Waals surface area (Å²) in [4.78, 5) is 36.8. The lowest BCUT2D eigenvalue weighted by Gasteiger charge is -2.27. The van der Waals surface area contributed by atoms with Gasteiger partial charge in [0.2, 0.25) is 11.7 Å². The highest BCUT2D eigenvalue weighted by atomic mass is 19.4. The maximum absolute atomic E-state index is 13.1. The van der Waals surface area contributed by atoms with Gasteiger partial charge >= 0.3 is 12.3 Å². The Kier molecular flexibility index (Phi) is 5.12. The van der Waals surface area contributed by atoms with E-state index in [0.717, 1.165) is 12.1 Å². The fourth-order valence-corrected chi connectivity index (χ4v) is 2.67. The molecule has 1 aromatic carbocycles. The van der Waals surface area contributed by atoms with E-state index in [1.807, 2.05) is 0 Å². The minimum atomic E-state index is -5.21. The van der Waals surface area contributed by atoms with Crippen LogP contribution in [0.15, 0.2) is 24.3 Å². The minimum absolute atomic E-state index is 0.225. The summed E-state index contributed by atoms with van der Waals surface area (Å²) in [6.45, 7) is 4.57. The molecule has 0 bridgehead atoms. The number of halogens is 4. The Balaban J connectivity index is 2.41. The zero-order chi connectivity index (χ0) is 19.9. The molecule has 1 heterocycles. The Morgan fingerprint density at radius 2 is 1.65 bits per heavy atom. The number of Topliss-reactive ketones (excluding diaryl/α,β-unsaturated/α-hetero) is 1. The van der Waals surface area contributed by atoms with Crippen molar-refractivity contribution in [1.82, 2.24) is 4.90 Å². The van der Waals surface area contributed by atoms with Gasteiger partial charge in [0.25, 0.3) is 0 Å². The molecule has 1 aliphatic rings. The van der Waals surface area contributed by atoms with Crippen molar-refractivity contribution in [3.05, 3.63) is 35.6 Å². The number of likely N-dealkylation sites (tertiary alicyclic amines) is 1. The van der Waals surface area contributed by atoms with Crippen molar-refractivity contribution in [2.75, 3.05) is 0 Å². The molecule has 2 rings (SSSR count). The first kappa shape index (κ1) is 19.9. The molecule has 142 valence electrons. The van der Waals surface area contributed by atoms with Gasteiger partial charge in [-0.15, -0.1) is 0 Å². The van der Waals surface area contributed by atoms with Crippen molar-refractivity contribution >= 4 is 17.8 Å².